The molecule has 0 saturated carbocycles. The fraction of sp³-hybridized carbons (Fsp3) is 0.417. The highest BCUT2D eigenvalue weighted by Crippen LogP contribution is 2.22. The molecule has 0 heterocycles. The minimum Gasteiger partial charge on any atom is -0.391 e. The summed E-state index contributed by atoms with van der Waals surface area (Å²) >= 11 is 0. The number of nitrogens with one attached hydrogen (secondary N) is 1. The molecule has 0 spiro atoms. The van der Waals surface area contributed by atoms with Crippen LogP contribution in [0.2, 0.25) is 0 Å². The molecule has 1 amide bonds. The molecular weight excluding hydrogens is 274 g/mol. The zero-order valence-electron chi connectivity index (χ0n) is 10.7. The van der Waals surface area contributed by atoms with Crippen molar-refractivity contribution in [2.45, 2.75) is 25.9 Å². The summed E-state index contributed by atoms with van der Waals surface area (Å²) in [5.41, 5.74) is -2.01. The van der Waals surface area contributed by atoms with Crippen molar-refractivity contribution in [3.63, 3.8) is 0 Å². The summed E-state index contributed by atoms with van der Waals surface area (Å²) in [4.78, 5) is 21.1. The van der Waals surface area contributed by atoms with Gasteiger partial charge in [0, 0.05) is 12.6 Å². The standard InChI is InChI=1S/C12H14F2N2O4/c1-2-3-7(17)6-15-12(18)10-8(13)4-5-9(11(10)14)16(19)20/h4-5,7,17H,2-3,6H2,1H3,(H,15,18). The molecule has 20 heavy (non-hydrogen) atoms. The monoisotopic (exact) mass is 288 g/mol. The number of carbonyl (C=O) groups excluding carboxylic acids is 1. The number of nitrogens with zero attached hydrogens (tertiary/aromatic N) is 1. The number of hydrogen-bond donors (Lipinski definition) is 2. The van der Waals surface area contributed by atoms with Crippen LogP contribution in [0.5, 0.6) is 0 Å². The quantitative estimate of drug-likeness (QED) is 0.616. The van der Waals surface area contributed by atoms with E-state index < -0.39 is 39.8 Å². The van der Waals surface area contributed by atoms with E-state index in [0.717, 1.165) is 0 Å². The van der Waals surface area contributed by atoms with Crippen LogP contribution in [0.15, 0.2) is 12.1 Å². The van der Waals surface area contributed by atoms with E-state index in [1.165, 1.54) is 0 Å². The molecule has 0 aromatic heterocycles. The summed E-state index contributed by atoms with van der Waals surface area (Å²) in [5.74, 6) is -3.87. The topological polar surface area (TPSA) is 92.5 Å². The minimum absolute atomic E-state index is 0.186. The van der Waals surface area contributed by atoms with Crippen molar-refractivity contribution >= 4 is 11.6 Å². The number of benzene rings is 1. The van der Waals surface area contributed by atoms with Gasteiger partial charge in [0.15, 0.2) is 0 Å². The number of aliphatic hydroxyl groups is 1. The van der Waals surface area contributed by atoms with E-state index in [9.17, 15) is 28.8 Å². The maximum atomic E-state index is 13.7. The largest absolute Gasteiger partial charge is 0.391 e. The number of amides is 1. The van der Waals surface area contributed by atoms with Gasteiger partial charge in [-0.1, -0.05) is 13.3 Å². The van der Waals surface area contributed by atoms with Crippen molar-refractivity contribution in [3.05, 3.63) is 39.4 Å². The van der Waals surface area contributed by atoms with Gasteiger partial charge < -0.3 is 10.4 Å². The van der Waals surface area contributed by atoms with Crippen LogP contribution >= 0.6 is 0 Å². The number of nitro benzene ring substituents is 1. The molecule has 0 aliphatic heterocycles. The second-order valence-corrected chi connectivity index (χ2v) is 4.17. The minimum atomic E-state index is -1.53. The van der Waals surface area contributed by atoms with Crippen molar-refractivity contribution in [1.29, 1.82) is 0 Å². The summed E-state index contributed by atoms with van der Waals surface area (Å²) in [7, 11) is 0. The van der Waals surface area contributed by atoms with E-state index in [1.54, 1.807) is 0 Å². The molecule has 110 valence electrons. The molecule has 0 radical (unpaired) electrons. The van der Waals surface area contributed by atoms with E-state index in [2.05, 4.69) is 5.32 Å². The Morgan fingerprint density at radius 1 is 1.50 bits per heavy atom. The molecule has 0 fully saturated rings. The van der Waals surface area contributed by atoms with Crippen LogP contribution in [0.3, 0.4) is 0 Å². The molecular formula is C12H14F2N2O4. The normalized spacial score (nSPS) is 12.0. The molecule has 1 rings (SSSR count). The van der Waals surface area contributed by atoms with Crippen LogP contribution in [0, 0.1) is 21.7 Å². The Hall–Kier alpha value is -2.09. The number of hydrogen-bond acceptors (Lipinski definition) is 4. The Morgan fingerprint density at radius 2 is 2.15 bits per heavy atom. The fourth-order valence-electron chi connectivity index (χ4n) is 1.62. The number of rotatable bonds is 6. The van der Waals surface area contributed by atoms with Crippen LogP contribution in [-0.2, 0) is 0 Å². The van der Waals surface area contributed by atoms with Crippen LogP contribution in [-0.4, -0.2) is 28.6 Å². The number of nitro groups is 1. The van der Waals surface area contributed by atoms with Gasteiger partial charge in [0.25, 0.3) is 5.91 Å². The van der Waals surface area contributed by atoms with Crippen LogP contribution in [0.1, 0.15) is 30.1 Å². The molecule has 0 bridgehead atoms. The van der Waals surface area contributed by atoms with Crippen molar-refractivity contribution in [2.24, 2.45) is 0 Å². The zero-order valence-corrected chi connectivity index (χ0v) is 10.7. The molecule has 1 aromatic rings. The van der Waals surface area contributed by atoms with Crippen LogP contribution < -0.4 is 5.32 Å². The SMILES string of the molecule is CCCC(O)CNC(=O)c1c(F)ccc([N+](=O)[O-])c1F. The Morgan fingerprint density at radius 3 is 2.70 bits per heavy atom. The lowest BCUT2D eigenvalue weighted by atomic mass is 10.1. The highest BCUT2D eigenvalue weighted by Gasteiger charge is 2.26. The predicted octanol–water partition coefficient (Wildman–Crippen LogP) is 1.76. The van der Waals surface area contributed by atoms with Crippen molar-refractivity contribution in [1.82, 2.24) is 5.32 Å². The first-order valence-corrected chi connectivity index (χ1v) is 5.97. The van der Waals surface area contributed by atoms with Gasteiger partial charge in [-0.15, -0.1) is 0 Å². The number of carbonyl (C=O) groups is 1. The van der Waals surface area contributed by atoms with Gasteiger partial charge in [-0.05, 0) is 12.5 Å². The first-order chi connectivity index (χ1) is 9.38. The lowest BCUT2D eigenvalue weighted by molar-refractivity contribution is -0.387. The van der Waals surface area contributed by atoms with Crippen molar-refractivity contribution in [2.75, 3.05) is 6.54 Å². The van der Waals surface area contributed by atoms with Gasteiger partial charge in [-0.25, -0.2) is 4.39 Å². The van der Waals surface area contributed by atoms with Crippen LogP contribution in [0.25, 0.3) is 0 Å². The molecule has 1 atom stereocenters. The molecule has 1 unspecified atom stereocenters. The maximum absolute atomic E-state index is 13.7. The Labute approximate surface area is 113 Å². The van der Waals surface area contributed by atoms with Gasteiger partial charge in [0.05, 0.1) is 11.0 Å². The van der Waals surface area contributed by atoms with E-state index in [0.29, 0.717) is 25.0 Å². The first-order valence-electron chi connectivity index (χ1n) is 5.97. The predicted molar refractivity (Wildman–Crippen MR) is 66.3 cm³/mol. The van der Waals surface area contributed by atoms with Crippen LogP contribution in [0.4, 0.5) is 14.5 Å². The average molecular weight is 288 g/mol. The average Bonchev–Trinajstić information content (AvgIpc) is 2.36. The lowest BCUT2D eigenvalue weighted by Gasteiger charge is -2.11. The number of halogens is 2. The van der Waals surface area contributed by atoms with Crippen molar-refractivity contribution < 1.29 is 23.6 Å². The molecule has 8 heteroatoms. The van der Waals surface area contributed by atoms with E-state index in [1.807, 2.05) is 6.92 Å². The highest BCUT2D eigenvalue weighted by atomic mass is 19.1. The summed E-state index contributed by atoms with van der Waals surface area (Å²) in [6.45, 7) is 1.64. The third-order valence-corrected chi connectivity index (χ3v) is 2.61. The Kier molecular flexibility index (Phi) is 5.51. The highest BCUT2D eigenvalue weighted by molar-refractivity contribution is 5.95. The van der Waals surface area contributed by atoms with E-state index in [4.69, 9.17) is 0 Å². The van der Waals surface area contributed by atoms with E-state index in [-0.39, 0.29) is 6.54 Å². The van der Waals surface area contributed by atoms with E-state index >= 15 is 0 Å². The number of aliphatic hydroxyl groups excluding tert-OH is 1. The molecule has 0 aliphatic rings. The van der Waals surface area contributed by atoms with Gasteiger partial charge in [0.2, 0.25) is 5.82 Å². The molecule has 1 aromatic carbocycles. The zero-order chi connectivity index (χ0) is 15.3. The summed E-state index contributed by atoms with van der Waals surface area (Å²) in [6.07, 6.45) is 0.255. The molecule has 0 aliphatic carbocycles. The maximum Gasteiger partial charge on any atom is 0.305 e. The third-order valence-electron chi connectivity index (χ3n) is 2.61. The molecule has 0 saturated heterocycles. The summed E-state index contributed by atoms with van der Waals surface area (Å²) < 4.78 is 27.1. The first kappa shape index (κ1) is 16.0. The summed E-state index contributed by atoms with van der Waals surface area (Å²) in [5, 5.41) is 22.1. The van der Waals surface area contributed by atoms with Crippen molar-refractivity contribution in [3.8, 4) is 0 Å². The lowest BCUT2D eigenvalue weighted by Crippen LogP contribution is -2.33. The third kappa shape index (κ3) is 3.70. The molecule has 6 nitrogen and oxygen atoms in total. The molecule has 2 N–H and O–H groups in total. The fourth-order valence-corrected chi connectivity index (χ4v) is 1.62. The van der Waals surface area contributed by atoms with Gasteiger partial charge in [-0.3, -0.25) is 14.9 Å². The Bertz CT molecular complexity index is 522. The second kappa shape index (κ2) is 6.90. The summed E-state index contributed by atoms with van der Waals surface area (Å²) in [6, 6.07) is 1.30. The smallest absolute Gasteiger partial charge is 0.305 e. The van der Waals surface area contributed by atoms with Gasteiger partial charge in [-0.2, -0.15) is 4.39 Å². The second-order valence-electron chi connectivity index (χ2n) is 4.17. The van der Waals surface area contributed by atoms with Gasteiger partial charge >= 0.3 is 5.69 Å². The Balaban J connectivity index is 2.92. The van der Waals surface area contributed by atoms with Gasteiger partial charge in [0.1, 0.15) is 11.4 Å².